The van der Waals surface area contributed by atoms with Crippen LogP contribution in [-0.4, -0.2) is 46.7 Å². The quantitative estimate of drug-likeness (QED) is 0.265. The summed E-state index contributed by atoms with van der Waals surface area (Å²) >= 11 is 1.92. The summed E-state index contributed by atoms with van der Waals surface area (Å²) in [7, 11) is 0. The molecule has 38 heavy (non-hydrogen) atoms. The Hall–Kier alpha value is -3.56. The van der Waals surface area contributed by atoms with Crippen molar-refractivity contribution >= 4 is 50.1 Å². The number of aliphatic hydroxyl groups is 1. The summed E-state index contributed by atoms with van der Waals surface area (Å²) in [5.41, 5.74) is 3.46. The molecule has 2 fully saturated rings. The van der Waals surface area contributed by atoms with Crippen LogP contribution in [-0.2, 0) is 19.1 Å². The van der Waals surface area contributed by atoms with Gasteiger partial charge < -0.3 is 29.2 Å². The van der Waals surface area contributed by atoms with Crippen molar-refractivity contribution in [3.05, 3.63) is 58.5 Å². The Bertz CT molecular complexity index is 1550. The lowest BCUT2D eigenvalue weighted by atomic mass is 9.90. The monoisotopic (exact) mass is 534 g/mol. The number of anilines is 1. The zero-order valence-corrected chi connectivity index (χ0v) is 22.6. The molecule has 0 spiro atoms. The fraction of sp³-hybridized carbons (Fsp3) is 0.379. The van der Waals surface area contributed by atoms with Crippen LogP contribution in [0.5, 0.6) is 5.75 Å². The SMILES string of the molecule is Cc1cc(C)c2cc([C@@H]3CCN(c4cc5c(OC6([C@H](C)O)OC(=O)C(=O)O6)cccc5[nH]4)[C@@H](C)C3)sc2c1. The second-order valence-electron chi connectivity index (χ2n) is 10.4. The van der Waals surface area contributed by atoms with Gasteiger partial charge in [-0.1, -0.05) is 12.1 Å². The van der Waals surface area contributed by atoms with Crippen LogP contribution in [0.15, 0.2) is 42.5 Å². The van der Waals surface area contributed by atoms with Crippen molar-refractivity contribution in [2.24, 2.45) is 0 Å². The average Bonchev–Trinajstić information content (AvgIpc) is 3.55. The number of aliphatic hydroxyl groups excluding tert-OH is 1. The minimum absolute atomic E-state index is 0.305. The summed E-state index contributed by atoms with van der Waals surface area (Å²) in [5, 5.41) is 12.3. The lowest BCUT2D eigenvalue weighted by molar-refractivity contribution is -0.313. The number of nitrogens with one attached hydrogen (secondary N) is 1. The van der Waals surface area contributed by atoms with Gasteiger partial charge in [-0.05, 0) is 93.3 Å². The van der Waals surface area contributed by atoms with Gasteiger partial charge in [0.05, 0.1) is 5.52 Å². The zero-order chi connectivity index (χ0) is 26.8. The van der Waals surface area contributed by atoms with Crippen LogP contribution in [0.25, 0.3) is 21.0 Å². The summed E-state index contributed by atoms with van der Waals surface area (Å²) in [6.45, 7) is 8.82. The molecule has 0 bridgehead atoms. The Balaban J connectivity index is 1.24. The van der Waals surface area contributed by atoms with Gasteiger partial charge in [0.25, 0.3) is 0 Å². The molecular formula is C29H30N2O6S. The summed E-state index contributed by atoms with van der Waals surface area (Å²) in [6.07, 6.45) is 0.693. The van der Waals surface area contributed by atoms with E-state index in [-0.39, 0.29) is 0 Å². The molecule has 2 aliphatic heterocycles. The highest BCUT2D eigenvalue weighted by Crippen LogP contribution is 2.42. The molecule has 198 valence electrons. The fourth-order valence-corrected chi connectivity index (χ4v) is 7.05. The smallest absolute Gasteiger partial charge is 0.418 e. The van der Waals surface area contributed by atoms with E-state index in [1.807, 2.05) is 23.5 Å². The van der Waals surface area contributed by atoms with Crippen molar-refractivity contribution in [3.8, 4) is 5.75 Å². The first-order chi connectivity index (χ1) is 18.1. The standard InChI is InChI=1S/C29H30N2O6S/c1-15-10-16(2)20-13-24(38-25(20)11-15)19-8-9-31(17(3)12-19)26-14-21-22(30-26)6-5-7-23(21)35-29(18(4)32)36-27(33)28(34)37-29/h5-7,10-11,13-14,17-19,30,32H,8-9,12H2,1-4H3/t17-,18-,19+/m0/s1. The number of piperidine rings is 1. The Labute approximate surface area is 224 Å². The minimum Gasteiger partial charge on any atom is -0.418 e. The number of carbonyl (C=O) groups is 2. The number of carbonyl (C=O) groups excluding carboxylic acids is 2. The number of aromatic amines is 1. The molecule has 8 nitrogen and oxygen atoms in total. The minimum atomic E-state index is -2.22. The van der Waals surface area contributed by atoms with Crippen LogP contribution in [0.4, 0.5) is 5.82 Å². The maximum Gasteiger partial charge on any atom is 0.449 e. The van der Waals surface area contributed by atoms with E-state index in [4.69, 9.17) is 14.2 Å². The van der Waals surface area contributed by atoms with Crippen LogP contribution >= 0.6 is 11.3 Å². The maximum atomic E-state index is 11.7. The third-order valence-electron chi connectivity index (χ3n) is 7.61. The van der Waals surface area contributed by atoms with Crippen molar-refractivity contribution in [2.75, 3.05) is 11.4 Å². The number of nitrogens with zero attached hydrogens (tertiary/aromatic N) is 1. The Morgan fingerprint density at radius 2 is 1.89 bits per heavy atom. The largest absolute Gasteiger partial charge is 0.449 e. The number of fused-ring (bicyclic) bond motifs is 2. The second-order valence-corrected chi connectivity index (χ2v) is 11.6. The summed E-state index contributed by atoms with van der Waals surface area (Å²) < 4.78 is 17.2. The molecule has 2 N–H and O–H groups in total. The van der Waals surface area contributed by atoms with Crippen LogP contribution in [0.3, 0.4) is 0 Å². The van der Waals surface area contributed by atoms with Crippen LogP contribution < -0.4 is 9.64 Å². The highest BCUT2D eigenvalue weighted by atomic mass is 32.1. The lowest BCUT2D eigenvalue weighted by Crippen LogP contribution is -2.47. The number of aromatic nitrogens is 1. The zero-order valence-electron chi connectivity index (χ0n) is 21.7. The molecule has 9 heteroatoms. The number of hydrogen-bond acceptors (Lipinski definition) is 8. The number of esters is 2. The fourth-order valence-electron chi connectivity index (χ4n) is 5.67. The highest BCUT2D eigenvalue weighted by Gasteiger charge is 2.56. The summed E-state index contributed by atoms with van der Waals surface area (Å²) in [6, 6.07) is 14.6. The molecular weight excluding hydrogens is 504 g/mol. The number of ether oxygens (including phenoxy) is 3. The third-order valence-corrected chi connectivity index (χ3v) is 8.85. The molecule has 4 heterocycles. The van der Waals surface area contributed by atoms with Crippen LogP contribution in [0, 0.1) is 13.8 Å². The molecule has 0 saturated carbocycles. The van der Waals surface area contributed by atoms with Gasteiger partial charge in [-0.3, -0.25) is 0 Å². The molecule has 2 saturated heterocycles. The number of cyclic esters (lactones) is 2. The van der Waals surface area contributed by atoms with E-state index >= 15 is 0 Å². The van der Waals surface area contributed by atoms with Gasteiger partial charge in [-0.25, -0.2) is 9.59 Å². The first kappa shape index (κ1) is 24.8. The molecule has 0 radical (unpaired) electrons. The normalized spacial score (nSPS) is 22.1. The van der Waals surface area contributed by atoms with E-state index in [9.17, 15) is 14.7 Å². The van der Waals surface area contributed by atoms with Crippen molar-refractivity contribution in [2.45, 2.75) is 64.6 Å². The van der Waals surface area contributed by atoms with Gasteiger partial charge in [0.2, 0.25) is 0 Å². The van der Waals surface area contributed by atoms with Gasteiger partial charge in [0.1, 0.15) is 11.6 Å². The van der Waals surface area contributed by atoms with E-state index in [0.717, 1.165) is 36.1 Å². The summed E-state index contributed by atoms with van der Waals surface area (Å²) in [5.74, 6) is -2.82. The van der Waals surface area contributed by atoms with Crippen molar-refractivity contribution in [3.63, 3.8) is 0 Å². The first-order valence-corrected chi connectivity index (χ1v) is 13.7. The Morgan fingerprint density at radius 1 is 1.13 bits per heavy atom. The Morgan fingerprint density at radius 3 is 2.61 bits per heavy atom. The number of H-pyrrole nitrogens is 1. The van der Waals surface area contributed by atoms with Crippen molar-refractivity contribution in [1.29, 1.82) is 0 Å². The van der Waals surface area contributed by atoms with Crippen molar-refractivity contribution < 1.29 is 28.9 Å². The summed E-state index contributed by atoms with van der Waals surface area (Å²) in [4.78, 5) is 30.7. The van der Waals surface area contributed by atoms with Gasteiger partial charge in [0, 0.05) is 27.5 Å². The van der Waals surface area contributed by atoms with Gasteiger partial charge in [-0.15, -0.1) is 11.3 Å². The number of benzene rings is 2. The van der Waals surface area contributed by atoms with Gasteiger partial charge >= 0.3 is 17.9 Å². The van der Waals surface area contributed by atoms with E-state index in [1.165, 1.54) is 33.0 Å². The Kier molecular flexibility index (Phi) is 5.88. The van der Waals surface area contributed by atoms with E-state index in [2.05, 4.69) is 48.9 Å². The predicted molar refractivity (Wildman–Crippen MR) is 146 cm³/mol. The van der Waals surface area contributed by atoms with Crippen LogP contribution in [0.1, 0.15) is 48.6 Å². The molecule has 3 atom stereocenters. The topological polar surface area (TPSA) is 101 Å². The molecule has 0 amide bonds. The number of rotatable bonds is 5. The molecule has 0 unspecified atom stereocenters. The molecule has 2 aliphatic rings. The lowest BCUT2D eigenvalue weighted by Gasteiger charge is -2.38. The predicted octanol–water partition coefficient (Wildman–Crippen LogP) is 5.29. The first-order valence-electron chi connectivity index (χ1n) is 12.9. The number of hydrogen-bond donors (Lipinski definition) is 2. The molecule has 4 aromatic rings. The molecule has 2 aromatic carbocycles. The maximum absolute atomic E-state index is 11.7. The molecule has 0 aliphatic carbocycles. The van der Waals surface area contributed by atoms with Gasteiger partial charge in [0.15, 0.2) is 6.10 Å². The second kappa shape index (κ2) is 9.03. The van der Waals surface area contributed by atoms with E-state index < -0.39 is 24.0 Å². The van der Waals surface area contributed by atoms with Crippen molar-refractivity contribution in [1.82, 2.24) is 4.98 Å². The van der Waals surface area contributed by atoms with Crippen LogP contribution in [0.2, 0.25) is 0 Å². The molecule has 6 rings (SSSR count). The van der Waals surface area contributed by atoms with E-state index in [1.54, 1.807) is 12.1 Å². The molecule has 2 aromatic heterocycles. The number of aryl methyl sites for hydroxylation is 2. The highest BCUT2D eigenvalue weighted by molar-refractivity contribution is 7.19. The average molecular weight is 535 g/mol. The van der Waals surface area contributed by atoms with Gasteiger partial charge in [-0.2, -0.15) is 0 Å². The third kappa shape index (κ3) is 4.10. The number of thiophene rings is 1. The van der Waals surface area contributed by atoms with E-state index in [0.29, 0.717) is 17.7 Å².